The molecule has 13 heavy (non-hydrogen) atoms. The summed E-state index contributed by atoms with van der Waals surface area (Å²) in [6, 6.07) is 0. The molecule has 0 rings (SSSR count). The first kappa shape index (κ1) is 14.9. The Kier molecular flexibility index (Phi) is 4.67. The molecule has 0 amide bonds. The molecule has 0 aromatic heterocycles. The third-order valence-corrected chi connectivity index (χ3v) is 0.949. The quantitative estimate of drug-likeness (QED) is 0.483. The molecule has 0 N–H and O–H groups in total. The van der Waals surface area contributed by atoms with E-state index in [0.717, 1.165) is 0 Å². The van der Waals surface area contributed by atoms with Gasteiger partial charge in [-0.15, -0.1) is 0 Å². The molecule has 0 aliphatic rings. The molecule has 0 unspecified atom stereocenters. The Morgan fingerprint density at radius 1 is 1.15 bits per heavy atom. The van der Waals surface area contributed by atoms with Crippen LogP contribution in [0, 0.1) is 0 Å². The predicted octanol–water partition coefficient (Wildman–Crippen LogP) is -0.534. The summed E-state index contributed by atoms with van der Waals surface area (Å²) in [5.41, 5.74) is 0. The molecule has 0 spiro atoms. The van der Waals surface area contributed by atoms with Gasteiger partial charge in [-0.3, -0.25) is 0 Å². The number of hydrogen-bond donors (Lipinski definition) is 0. The third kappa shape index (κ3) is 2.42. The van der Waals surface area contributed by atoms with Crippen molar-refractivity contribution in [2.45, 2.75) is 18.3 Å². The lowest BCUT2D eigenvalue weighted by Crippen LogP contribution is -2.57. The number of halogens is 6. The lowest BCUT2D eigenvalue weighted by atomic mass is 10.2. The van der Waals surface area contributed by atoms with E-state index in [-0.39, 0.29) is 13.5 Å². The number of alkyl halides is 6. The molecule has 0 radical (unpaired) electrons. The van der Waals surface area contributed by atoms with Crippen molar-refractivity contribution >= 4 is 19.5 Å². The summed E-state index contributed by atoms with van der Waals surface area (Å²) in [5.74, 6) is -15.3. The van der Waals surface area contributed by atoms with Gasteiger partial charge in [-0.1, -0.05) is 13.5 Å². The molecule has 0 aliphatic carbocycles. The number of carboxylic acid groups (broad SMARTS) is 1. The second-order valence-electron chi connectivity index (χ2n) is 1.79. The van der Waals surface area contributed by atoms with E-state index in [4.69, 9.17) is 0 Å². The standard InChI is InChI=1S/C4H2F6O2.H2S/c5-1(6)3(7,8)4(9,10)2(11)12;/h1H,(H,11,12);1H2. The molecule has 9 heteroatoms. The minimum atomic E-state index is -5.91. The van der Waals surface area contributed by atoms with Crippen LogP contribution < -0.4 is 5.11 Å². The Bertz CT molecular complexity index is 193. The number of carboxylic acids is 1. The maximum atomic E-state index is 11.7. The SMILES string of the molecule is O=C([O-])C(F)(F)C(F)(F)C(F)F.[SH3+]. The number of rotatable bonds is 3. The average Bonchev–Trinajstić information content (AvgIpc) is 1.86. The highest BCUT2D eigenvalue weighted by atomic mass is 32.1. The molecule has 0 fully saturated rings. The Labute approximate surface area is 75.0 Å². The van der Waals surface area contributed by atoms with E-state index in [9.17, 15) is 36.2 Å². The van der Waals surface area contributed by atoms with Crippen molar-refractivity contribution in [2.75, 3.05) is 0 Å². The summed E-state index contributed by atoms with van der Waals surface area (Å²) in [5, 5.41) is 9.30. The Balaban J connectivity index is 0. The van der Waals surface area contributed by atoms with Crippen molar-refractivity contribution in [3.8, 4) is 0 Å². The van der Waals surface area contributed by atoms with Crippen LogP contribution in [0.25, 0.3) is 0 Å². The second kappa shape index (κ2) is 4.07. The smallest absolute Gasteiger partial charge is 0.374 e. The minimum absolute atomic E-state index is 0. The summed E-state index contributed by atoms with van der Waals surface area (Å²) >= 11 is 0. The van der Waals surface area contributed by atoms with E-state index in [0.29, 0.717) is 0 Å². The molecule has 0 atom stereocenters. The average molecular weight is 230 g/mol. The molecule has 0 aromatic carbocycles. The number of carbonyl (C=O) groups excluding carboxylic acids is 1. The lowest BCUT2D eigenvalue weighted by molar-refractivity contribution is -0.357. The van der Waals surface area contributed by atoms with Gasteiger partial charge in [0.05, 0.1) is 0 Å². The van der Waals surface area contributed by atoms with Crippen molar-refractivity contribution in [1.82, 2.24) is 0 Å². The zero-order chi connectivity index (χ0) is 10.2. The topological polar surface area (TPSA) is 40.1 Å². The van der Waals surface area contributed by atoms with Crippen molar-refractivity contribution in [1.29, 1.82) is 0 Å². The highest BCUT2D eigenvalue weighted by Gasteiger charge is 2.64. The van der Waals surface area contributed by atoms with Gasteiger partial charge in [0.2, 0.25) is 0 Å². The van der Waals surface area contributed by atoms with Crippen LogP contribution in [0.2, 0.25) is 0 Å². The van der Waals surface area contributed by atoms with Gasteiger partial charge in [-0.25, -0.2) is 8.78 Å². The summed E-state index contributed by atoms with van der Waals surface area (Å²) in [4.78, 5) is 9.30. The van der Waals surface area contributed by atoms with Gasteiger partial charge in [0.25, 0.3) is 0 Å². The van der Waals surface area contributed by atoms with Crippen LogP contribution in [-0.4, -0.2) is 24.2 Å². The molecular formula is C4H4F6O2S. The number of carbonyl (C=O) groups is 1. The molecule has 80 valence electrons. The van der Waals surface area contributed by atoms with Crippen LogP contribution in [0.4, 0.5) is 26.3 Å². The number of hydrogen-bond acceptors (Lipinski definition) is 2. The van der Waals surface area contributed by atoms with Crippen LogP contribution in [0.5, 0.6) is 0 Å². The van der Waals surface area contributed by atoms with Gasteiger partial charge >= 0.3 is 18.3 Å². The van der Waals surface area contributed by atoms with Crippen LogP contribution in [0.3, 0.4) is 0 Å². The van der Waals surface area contributed by atoms with Crippen LogP contribution in [-0.2, 0) is 18.3 Å². The fourth-order valence-electron chi connectivity index (χ4n) is 0.273. The van der Waals surface area contributed by atoms with E-state index in [1.165, 1.54) is 0 Å². The van der Waals surface area contributed by atoms with E-state index in [1.807, 2.05) is 0 Å². The van der Waals surface area contributed by atoms with Gasteiger partial charge < -0.3 is 9.90 Å². The molecule has 0 bridgehead atoms. The second-order valence-corrected chi connectivity index (χ2v) is 1.79. The molecule has 0 aliphatic heterocycles. The summed E-state index contributed by atoms with van der Waals surface area (Å²) < 4.78 is 69.0. The van der Waals surface area contributed by atoms with E-state index < -0.39 is 24.2 Å². The van der Waals surface area contributed by atoms with Gasteiger partial charge in [-0.05, 0) is 0 Å². The van der Waals surface area contributed by atoms with Crippen molar-refractivity contribution in [2.24, 2.45) is 0 Å². The van der Waals surface area contributed by atoms with Gasteiger partial charge in [0.1, 0.15) is 5.97 Å². The lowest BCUT2D eigenvalue weighted by Gasteiger charge is -2.25. The molecule has 0 heterocycles. The van der Waals surface area contributed by atoms with E-state index >= 15 is 0 Å². The fraction of sp³-hybridized carbons (Fsp3) is 0.750. The van der Waals surface area contributed by atoms with Crippen molar-refractivity contribution in [3.63, 3.8) is 0 Å². The first-order chi connectivity index (χ1) is 5.14. The summed E-state index contributed by atoms with van der Waals surface area (Å²) in [7, 11) is 0. The predicted molar refractivity (Wildman–Crippen MR) is 32.5 cm³/mol. The van der Waals surface area contributed by atoms with Crippen LogP contribution >= 0.6 is 0 Å². The van der Waals surface area contributed by atoms with Crippen LogP contribution in [0.1, 0.15) is 0 Å². The maximum Gasteiger partial charge on any atom is 0.374 e. The summed E-state index contributed by atoms with van der Waals surface area (Å²) in [6.45, 7) is 0. The van der Waals surface area contributed by atoms with Gasteiger partial charge in [-0.2, -0.15) is 17.6 Å². The molecule has 0 aromatic rings. The highest BCUT2D eigenvalue weighted by Crippen LogP contribution is 2.38. The first-order valence-corrected chi connectivity index (χ1v) is 2.39. The van der Waals surface area contributed by atoms with Gasteiger partial charge in [0, 0.05) is 0 Å². The van der Waals surface area contributed by atoms with Gasteiger partial charge in [0.15, 0.2) is 0 Å². The molecule has 0 saturated heterocycles. The Morgan fingerprint density at radius 3 is 1.54 bits per heavy atom. The monoisotopic (exact) mass is 230 g/mol. The Morgan fingerprint density at radius 2 is 1.46 bits per heavy atom. The molecule has 0 saturated carbocycles. The summed E-state index contributed by atoms with van der Waals surface area (Å²) in [6.07, 6.45) is -4.76. The zero-order valence-electron chi connectivity index (χ0n) is 5.74. The highest BCUT2D eigenvalue weighted by molar-refractivity contribution is 7.37. The number of aliphatic carboxylic acids is 1. The Hall–Kier alpha value is -0.600. The van der Waals surface area contributed by atoms with E-state index in [1.54, 1.807) is 0 Å². The van der Waals surface area contributed by atoms with E-state index in [2.05, 4.69) is 0 Å². The van der Waals surface area contributed by atoms with Crippen molar-refractivity contribution < 1.29 is 36.2 Å². The fourth-order valence-corrected chi connectivity index (χ4v) is 0.273. The first-order valence-electron chi connectivity index (χ1n) is 2.39. The maximum absolute atomic E-state index is 11.7. The third-order valence-electron chi connectivity index (χ3n) is 0.949. The van der Waals surface area contributed by atoms with Crippen LogP contribution in [0.15, 0.2) is 0 Å². The molecule has 2 nitrogen and oxygen atoms in total. The van der Waals surface area contributed by atoms with Crippen molar-refractivity contribution in [3.05, 3.63) is 0 Å². The normalized spacial score (nSPS) is 12.5. The minimum Gasteiger partial charge on any atom is -0.544 e. The molecular weight excluding hydrogens is 226 g/mol. The largest absolute Gasteiger partial charge is 0.544 e. The zero-order valence-corrected chi connectivity index (χ0v) is 6.89.